The van der Waals surface area contributed by atoms with E-state index in [0.717, 1.165) is 59.9 Å². The molecule has 4 unspecified atom stereocenters. The topological polar surface area (TPSA) is 346 Å². The molecule has 0 bridgehead atoms. The van der Waals surface area contributed by atoms with Gasteiger partial charge in [-0.25, -0.2) is 9.37 Å². The zero-order valence-corrected chi connectivity index (χ0v) is 48.0. The number of rotatable bonds is 24. The van der Waals surface area contributed by atoms with Gasteiger partial charge in [0.15, 0.2) is 0 Å². The number of aldehydes is 2. The van der Waals surface area contributed by atoms with Crippen LogP contribution in [0.25, 0.3) is 22.3 Å². The van der Waals surface area contributed by atoms with Crippen molar-refractivity contribution in [2.75, 3.05) is 53.6 Å². The maximum absolute atomic E-state index is 14.6. The number of pyridine rings is 2. The van der Waals surface area contributed by atoms with Crippen molar-refractivity contribution in [2.45, 2.75) is 101 Å². The van der Waals surface area contributed by atoms with E-state index in [1.807, 2.05) is 39.1 Å². The van der Waals surface area contributed by atoms with Gasteiger partial charge in [0.1, 0.15) is 24.4 Å². The fourth-order valence-corrected chi connectivity index (χ4v) is 9.56. The van der Waals surface area contributed by atoms with E-state index in [0.29, 0.717) is 81.8 Å². The number of nitrogens with one attached hydrogen (secondary N) is 6. The number of amides is 7. The van der Waals surface area contributed by atoms with Crippen LogP contribution in [0.3, 0.4) is 0 Å². The normalized spacial score (nSPS) is 14.3. The van der Waals surface area contributed by atoms with Crippen molar-refractivity contribution in [2.24, 2.45) is 5.73 Å². The van der Waals surface area contributed by atoms with E-state index in [-0.39, 0.29) is 43.5 Å². The summed E-state index contributed by atoms with van der Waals surface area (Å²) < 4.78 is 63.5. The molecule has 1 aromatic carbocycles. The second-order valence-electron chi connectivity index (χ2n) is 17.2. The van der Waals surface area contributed by atoms with Crippen molar-refractivity contribution in [1.82, 2.24) is 46.4 Å². The number of aliphatic carboxylic acids is 1. The summed E-state index contributed by atoms with van der Waals surface area (Å²) in [5.41, 5.74) is 11.7. The molecule has 24 nitrogen and oxygen atoms in total. The number of ether oxygens (including phenoxy) is 2. The number of likely N-dealkylation sites (N-methyl/N-ethyl adjacent to an activating group) is 1. The summed E-state index contributed by atoms with van der Waals surface area (Å²) in [5, 5.41) is 23.5. The van der Waals surface area contributed by atoms with Gasteiger partial charge in [0.2, 0.25) is 5.91 Å². The van der Waals surface area contributed by atoms with Crippen LogP contribution in [-0.2, 0) is 83.4 Å². The molecule has 429 valence electrons. The number of halogens is 4. The Morgan fingerprint density at radius 3 is 2.15 bits per heavy atom. The zero-order valence-electron chi connectivity index (χ0n) is 44.2. The Balaban J connectivity index is 0.000000314. The first kappa shape index (κ1) is 66.4. The van der Waals surface area contributed by atoms with E-state index < -0.39 is 91.5 Å². The van der Waals surface area contributed by atoms with E-state index in [1.54, 1.807) is 18.7 Å². The molecule has 3 aliphatic rings. The van der Waals surface area contributed by atoms with Crippen LogP contribution < -0.4 is 43.2 Å². The number of alkyl halides is 3. The number of fused-ring (bicyclic) bond motifs is 4. The van der Waals surface area contributed by atoms with Crippen LogP contribution in [-0.4, -0.2) is 183 Å². The number of aromatic nitrogens is 2. The van der Waals surface area contributed by atoms with Gasteiger partial charge in [-0.2, -0.15) is 0 Å². The number of aryl methyl sites for hydroxylation is 2. The number of imide groups is 1. The first-order valence-electron chi connectivity index (χ1n) is 24.6. The first-order valence-corrected chi connectivity index (χ1v) is 27.4. The molecule has 0 saturated heterocycles. The third-order valence-electron chi connectivity index (χ3n) is 12.1. The van der Waals surface area contributed by atoms with Crippen LogP contribution in [0, 0.1) is 12.7 Å². The summed E-state index contributed by atoms with van der Waals surface area (Å²) in [6.45, 7) is 5.99. The number of nitrogens with two attached hydrogens (primary N) is 1. The minimum Gasteiger partial charge on any atom is -0.480 e. The summed E-state index contributed by atoms with van der Waals surface area (Å²) >= 11 is 0.609. The quantitative estimate of drug-likeness (QED) is 0.0143. The molecule has 2 aromatic heterocycles. The molecule has 4 heterocycles. The number of benzene rings is 1. The molecule has 2 aliphatic heterocycles. The van der Waals surface area contributed by atoms with Gasteiger partial charge in [-0.3, -0.25) is 28.9 Å². The molecular weight excluding hydrogens is 1250 g/mol. The van der Waals surface area contributed by atoms with Crippen molar-refractivity contribution in [3.05, 3.63) is 73.8 Å². The number of carbonyl (C=O) groups is 10. The first-order chi connectivity index (χ1) is 37.5. The van der Waals surface area contributed by atoms with Gasteiger partial charge in [0.05, 0.1) is 43.1 Å². The SMILES string of the molecule is CC.CCC(C=O)c1cc2n(c(=O)c1COC)Cc1c-2nc2cc(F)c(C)c3c2c1CCC3.CNCC(=O)NC([CH2][Pb])C(=O)NCC(=O)NCOC(C(N)=O)C(F)(F)F.O=CCNC(=O)C(CNCC(=O)O)N1C(=O)C=CC1=O. The zero-order chi connectivity index (χ0) is 59.3. The smallest absolute Gasteiger partial charge is 0.480 e. The maximum atomic E-state index is 14.6. The van der Waals surface area contributed by atoms with E-state index in [2.05, 4.69) is 37.1 Å². The van der Waals surface area contributed by atoms with Crippen LogP contribution in [0.5, 0.6) is 0 Å². The Hall–Kier alpha value is -6.90. The van der Waals surface area contributed by atoms with Gasteiger partial charge in [-0.05, 0) is 60.9 Å². The number of primary amides is 1. The molecule has 6 rings (SSSR count). The number of hydrogen-bond donors (Lipinski definition) is 8. The van der Waals surface area contributed by atoms with Crippen LogP contribution in [0.2, 0.25) is 3.98 Å². The molecule has 7 amide bonds. The van der Waals surface area contributed by atoms with Gasteiger partial charge in [-0.1, -0.05) is 20.8 Å². The number of nitrogens with zero attached hydrogens (tertiary/aromatic N) is 3. The van der Waals surface area contributed by atoms with Gasteiger partial charge in [-0.15, -0.1) is 0 Å². The third kappa shape index (κ3) is 17.5. The van der Waals surface area contributed by atoms with Crippen LogP contribution >= 0.6 is 0 Å². The summed E-state index contributed by atoms with van der Waals surface area (Å²) in [5.74, 6) is -7.41. The van der Waals surface area contributed by atoms with Crippen LogP contribution in [0.1, 0.15) is 72.9 Å². The molecule has 3 aromatic rings. The average molecular weight is 1310 g/mol. The van der Waals surface area contributed by atoms with Gasteiger partial charge in [0.25, 0.3) is 17.4 Å². The second kappa shape index (κ2) is 31.6. The minimum atomic E-state index is -5.01. The Bertz CT molecular complexity index is 2850. The van der Waals surface area contributed by atoms with Crippen molar-refractivity contribution in [3.63, 3.8) is 0 Å². The molecule has 9 N–H and O–H groups in total. The van der Waals surface area contributed by atoms with Gasteiger partial charge < -0.3 is 34.6 Å². The minimum absolute atomic E-state index is 0.0173. The van der Waals surface area contributed by atoms with Crippen LogP contribution in [0.15, 0.2) is 29.1 Å². The number of hydrogen-bond acceptors (Lipinski definition) is 16. The van der Waals surface area contributed by atoms with Crippen LogP contribution in [0.4, 0.5) is 17.6 Å². The predicted octanol–water partition coefficient (Wildman–Crippen LogP) is -0.604. The van der Waals surface area contributed by atoms with Crippen molar-refractivity contribution in [1.29, 1.82) is 0 Å². The molecular formula is C50H63F4N10O14Pb. The molecule has 4 atom stereocenters. The van der Waals surface area contributed by atoms with E-state index >= 15 is 0 Å². The van der Waals surface area contributed by atoms with Crippen molar-refractivity contribution in [3.8, 4) is 11.4 Å². The van der Waals surface area contributed by atoms with E-state index in [4.69, 9.17) is 14.8 Å². The summed E-state index contributed by atoms with van der Waals surface area (Å²) in [6, 6.07) is 1.41. The van der Waals surface area contributed by atoms with Gasteiger partial charge in [0, 0.05) is 54.3 Å². The number of carbonyl (C=O) groups excluding carboxylic acids is 9. The Morgan fingerprint density at radius 2 is 1.59 bits per heavy atom. The van der Waals surface area contributed by atoms with E-state index in [9.17, 15) is 70.3 Å². The summed E-state index contributed by atoms with van der Waals surface area (Å²) in [4.78, 5) is 132. The van der Waals surface area contributed by atoms with Crippen molar-refractivity contribution >= 4 is 96.6 Å². The summed E-state index contributed by atoms with van der Waals surface area (Å²) in [6.07, 6.45) is -1.19. The van der Waals surface area contributed by atoms with Gasteiger partial charge >= 0.3 is 169 Å². The molecule has 1 aliphatic carbocycles. The monoisotopic (exact) mass is 1310 g/mol. The average Bonchev–Trinajstić information content (AvgIpc) is 4.21. The molecule has 0 fully saturated rings. The Labute approximate surface area is 466 Å². The molecule has 79 heavy (non-hydrogen) atoms. The van der Waals surface area contributed by atoms with E-state index in [1.165, 1.54) is 11.6 Å². The molecule has 0 saturated carbocycles. The standard InChI is InChI=1S/C25H25FN2O3.C12H19F3N5O5.C11H13N3O6.C2H6.Pb/c1-4-14(11-29)17-8-22-24-18(10-28(22)25(30)19(17)12-31-3)16-7-5-6-15-13(2)20(26)9-21(27-24)23(15)16;1-6(20-8(22)3-17-2)11(24)18-4-7(21)19-5-25-9(10(16)23)12(13,14)15;15-4-3-13-11(20)7(5-12-6-10(18)19)14-8(16)1-2-9(14)17;1-2;/h8-9,11,14H,4-7,10,12H2,1-3H3;6,9,17H,1,3-5H2,2H3,(H2,16,23)(H,18,24)(H,19,21)(H,20,22);1-2,4,7,12H,3,5-6H2,(H,13,20)(H,18,19);1-2H3;. The molecule has 0 spiro atoms. The number of methoxy groups -OCH3 is 1. The fourth-order valence-electron chi connectivity index (χ4n) is 8.44. The molecule has 3 radical (unpaired) electrons. The molecule has 29 heteroatoms. The predicted molar refractivity (Wildman–Crippen MR) is 275 cm³/mol. The Morgan fingerprint density at radius 1 is 0.937 bits per heavy atom. The fraction of sp³-hybridized carbons (Fsp3) is 0.480. The second-order valence-corrected chi connectivity index (χ2v) is 18.8. The number of carboxylic acids is 1. The third-order valence-corrected chi connectivity index (χ3v) is 13.7. The summed E-state index contributed by atoms with van der Waals surface area (Å²) in [7, 11) is 3.11. The number of carboxylic acid groups (broad SMARTS) is 1. The van der Waals surface area contributed by atoms with Crippen molar-refractivity contribution < 1.29 is 80.1 Å². The Kier molecular flexibility index (Phi) is 26.6.